The van der Waals surface area contributed by atoms with Gasteiger partial charge in [-0.15, -0.1) is 0 Å². The van der Waals surface area contributed by atoms with Gasteiger partial charge in [0, 0.05) is 36.3 Å². The summed E-state index contributed by atoms with van der Waals surface area (Å²) in [5, 5.41) is 6.24. The molecule has 240 valence electrons. The number of carbonyl (C=O) groups is 2. The van der Waals surface area contributed by atoms with E-state index >= 15 is 0 Å². The van der Waals surface area contributed by atoms with Crippen LogP contribution >= 0.6 is 0 Å². The first-order chi connectivity index (χ1) is 22.1. The molecule has 0 saturated carbocycles. The van der Waals surface area contributed by atoms with E-state index in [1.54, 1.807) is 60.7 Å². The number of ether oxygens (including phenoxy) is 3. The minimum Gasteiger partial charge on any atom is -0.473 e. The van der Waals surface area contributed by atoms with Crippen molar-refractivity contribution in [1.82, 2.24) is 4.98 Å². The molecule has 8 nitrogen and oxygen atoms in total. The summed E-state index contributed by atoms with van der Waals surface area (Å²) in [7, 11) is 1.31. The van der Waals surface area contributed by atoms with Gasteiger partial charge in [0.1, 0.15) is 12.4 Å². The second-order valence-corrected chi connectivity index (χ2v) is 10.7. The number of methoxy groups -OCH3 is 1. The third-order valence-electron chi connectivity index (χ3n) is 7.41. The van der Waals surface area contributed by atoms with E-state index in [4.69, 9.17) is 14.2 Å². The van der Waals surface area contributed by atoms with E-state index < -0.39 is 23.5 Å². The largest absolute Gasteiger partial charge is 0.473 e. The Morgan fingerprint density at radius 2 is 1.80 bits per heavy atom. The number of anilines is 2. The molecule has 4 aromatic rings. The van der Waals surface area contributed by atoms with Gasteiger partial charge in [-0.2, -0.15) is 13.2 Å². The lowest BCUT2D eigenvalue weighted by atomic mass is 10.1. The normalized spacial score (nSPS) is 14.5. The molecule has 1 saturated heterocycles. The van der Waals surface area contributed by atoms with Gasteiger partial charge in [-0.3, -0.25) is 4.79 Å². The summed E-state index contributed by atoms with van der Waals surface area (Å²) in [6.45, 7) is 1.68. The SMILES string of the molecule is COC(=O)c1ccc(NC(=O)Cc2ccc(-c3cccc(OCc4ccc(C(F)(F)F)cc4F)n3)cc2)c(NC[C@@H]2CCOC2)c1. The Balaban J connectivity index is 1.20. The fraction of sp³-hybridized carbons (Fsp3) is 0.265. The van der Waals surface area contributed by atoms with Crippen molar-refractivity contribution in [2.24, 2.45) is 5.92 Å². The Labute approximate surface area is 262 Å². The Morgan fingerprint density at radius 3 is 2.50 bits per heavy atom. The van der Waals surface area contributed by atoms with Crippen LogP contribution in [0.4, 0.5) is 28.9 Å². The van der Waals surface area contributed by atoms with E-state index in [1.165, 1.54) is 7.11 Å². The number of pyridine rings is 1. The number of nitrogens with zero attached hydrogens (tertiary/aromatic N) is 1. The van der Waals surface area contributed by atoms with Crippen LogP contribution in [0.5, 0.6) is 5.88 Å². The molecule has 0 bridgehead atoms. The van der Waals surface area contributed by atoms with E-state index in [1.807, 2.05) is 0 Å². The average Bonchev–Trinajstić information content (AvgIpc) is 3.57. The summed E-state index contributed by atoms with van der Waals surface area (Å²) < 4.78 is 68.5. The number of carbonyl (C=O) groups excluding carboxylic acids is 2. The maximum atomic E-state index is 14.2. The van der Waals surface area contributed by atoms with Gasteiger partial charge in [-0.05, 0) is 48.4 Å². The van der Waals surface area contributed by atoms with Crippen molar-refractivity contribution in [2.75, 3.05) is 37.5 Å². The summed E-state index contributed by atoms with van der Waals surface area (Å²) in [6, 6.07) is 19.4. The van der Waals surface area contributed by atoms with Crippen molar-refractivity contribution in [3.05, 3.63) is 107 Å². The molecule has 46 heavy (non-hydrogen) atoms. The smallest absolute Gasteiger partial charge is 0.416 e. The Kier molecular flexibility index (Phi) is 10.2. The van der Waals surface area contributed by atoms with Gasteiger partial charge in [0.25, 0.3) is 0 Å². The molecule has 12 heteroatoms. The molecule has 5 rings (SSSR count). The average molecular weight is 638 g/mol. The zero-order chi connectivity index (χ0) is 32.7. The maximum absolute atomic E-state index is 14.2. The number of aromatic nitrogens is 1. The number of nitrogens with one attached hydrogen (secondary N) is 2. The Morgan fingerprint density at radius 1 is 1.00 bits per heavy atom. The first-order valence-electron chi connectivity index (χ1n) is 14.5. The molecule has 2 heterocycles. The third kappa shape index (κ3) is 8.39. The molecule has 2 N–H and O–H groups in total. The quantitative estimate of drug-likeness (QED) is 0.136. The number of esters is 1. The van der Waals surface area contributed by atoms with Crippen LogP contribution in [0.25, 0.3) is 11.3 Å². The highest BCUT2D eigenvalue weighted by atomic mass is 19.4. The lowest BCUT2D eigenvalue weighted by molar-refractivity contribution is -0.137. The molecule has 1 atom stereocenters. The first kappa shape index (κ1) is 32.4. The van der Waals surface area contributed by atoms with Gasteiger partial charge in [-0.25, -0.2) is 14.2 Å². The van der Waals surface area contributed by atoms with Gasteiger partial charge in [0.05, 0.1) is 48.3 Å². The van der Waals surface area contributed by atoms with Gasteiger partial charge < -0.3 is 24.8 Å². The van der Waals surface area contributed by atoms with Crippen molar-refractivity contribution in [2.45, 2.75) is 25.6 Å². The predicted octanol–water partition coefficient (Wildman–Crippen LogP) is 6.90. The fourth-order valence-corrected chi connectivity index (χ4v) is 4.86. The molecule has 0 aliphatic carbocycles. The minimum atomic E-state index is -4.64. The lowest BCUT2D eigenvalue weighted by Gasteiger charge is -2.16. The molecule has 1 aliphatic rings. The van der Waals surface area contributed by atoms with Gasteiger partial charge >= 0.3 is 12.1 Å². The number of benzene rings is 3. The predicted molar refractivity (Wildman–Crippen MR) is 163 cm³/mol. The molecule has 1 amide bonds. The summed E-state index contributed by atoms with van der Waals surface area (Å²) in [5.74, 6) is -1.26. The number of alkyl halides is 3. The zero-order valence-electron chi connectivity index (χ0n) is 24.8. The number of halogens is 4. The highest BCUT2D eigenvalue weighted by Gasteiger charge is 2.31. The van der Waals surface area contributed by atoms with Gasteiger partial charge in [0.2, 0.25) is 11.8 Å². The number of hydrogen-bond donors (Lipinski definition) is 2. The van der Waals surface area contributed by atoms with E-state index in [-0.39, 0.29) is 30.4 Å². The molecule has 0 unspecified atom stereocenters. The van der Waals surface area contributed by atoms with Crippen LogP contribution in [0.3, 0.4) is 0 Å². The van der Waals surface area contributed by atoms with E-state index in [0.29, 0.717) is 54.4 Å². The summed E-state index contributed by atoms with van der Waals surface area (Å²) >= 11 is 0. The van der Waals surface area contributed by atoms with Gasteiger partial charge in [0.15, 0.2) is 0 Å². The van der Waals surface area contributed by atoms with Crippen LogP contribution < -0.4 is 15.4 Å². The van der Waals surface area contributed by atoms with Crippen LogP contribution in [0.2, 0.25) is 0 Å². The van der Waals surface area contributed by atoms with Crippen molar-refractivity contribution in [1.29, 1.82) is 0 Å². The van der Waals surface area contributed by atoms with Gasteiger partial charge in [-0.1, -0.05) is 36.4 Å². The van der Waals surface area contributed by atoms with Crippen LogP contribution in [0.15, 0.2) is 78.9 Å². The highest BCUT2D eigenvalue weighted by molar-refractivity contribution is 5.98. The van der Waals surface area contributed by atoms with Crippen LogP contribution in [-0.2, 0) is 33.5 Å². The summed E-state index contributed by atoms with van der Waals surface area (Å²) in [4.78, 5) is 29.5. The zero-order valence-corrected chi connectivity index (χ0v) is 24.8. The molecular formula is C34H31F4N3O5. The van der Waals surface area contributed by atoms with Crippen molar-refractivity contribution >= 4 is 23.3 Å². The topological polar surface area (TPSA) is 98.8 Å². The van der Waals surface area contributed by atoms with Crippen LogP contribution in [0.1, 0.15) is 33.5 Å². The molecule has 1 fully saturated rings. The van der Waals surface area contributed by atoms with Crippen molar-refractivity contribution in [3.8, 4) is 17.1 Å². The molecular weight excluding hydrogens is 606 g/mol. The summed E-state index contributed by atoms with van der Waals surface area (Å²) in [5.41, 5.74) is 2.42. The molecule has 1 aliphatic heterocycles. The maximum Gasteiger partial charge on any atom is 0.416 e. The van der Waals surface area contributed by atoms with E-state index in [2.05, 4.69) is 15.6 Å². The number of amides is 1. The van der Waals surface area contributed by atoms with Crippen molar-refractivity contribution in [3.63, 3.8) is 0 Å². The Hall–Kier alpha value is -4.97. The number of rotatable bonds is 11. The number of hydrogen-bond acceptors (Lipinski definition) is 7. The lowest BCUT2D eigenvalue weighted by Crippen LogP contribution is -2.19. The summed E-state index contributed by atoms with van der Waals surface area (Å²) in [6.07, 6.45) is -3.62. The monoisotopic (exact) mass is 637 g/mol. The van der Waals surface area contributed by atoms with Crippen molar-refractivity contribution < 1.29 is 41.4 Å². The molecule has 3 aromatic carbocycles. The fourth-order valence-electron chi connectivity index (χ4n) is 4.86. The first-order valence-corrected chi connectivity index (χ1v) is 14.5. The standard InChI is InChI=1S/C34H31F4N3O5/c1-44-33(43)24-10-12-29(30(16-24)39-18-22-13-14-45-19-22)40-31(42)15-21-5-7-23(8-6-21)28-3-2-4-32(41-28)46-20-25-9-11-26(17-27(25)35)34(36,37)38/h2-12,16-17,22,39H,13-15,18-20H2,1H3,(H,40,42)/t22-/m0/s1. The highest BCUT2D eigenvalue weighted by Crippen LogP contribution is 2.31. The second-order valence-electron chi connectivity index (χ2n) is 10.7. The third-order valence-corrected chi connectivity index (χ3v) is 7.41. The molecule has 0 radical (unpaired) electrons. The molecule has 0 spiro atoms. The van der Waals surface area contributed by atoms with E-state index in [9.17, 15) is 27.2 Å². The van der Waals surface area contributed by atoms with Crippen LogP contribution in [-0.4, -0.2) is 43.7 Å². The van der Waals surface area contributed by atoms with Crippen LogP contribution in [0, 0.1) is 11.7 Å². The minimum absolute atomic E-state index is 0.0337. The van der Waals surface area contributed by atoms with E-state index in [0.717, 1.165) is 29.7 Å². The second kappa shape index (κ2) is 14.4. The molecule has 1 aromatic heterocycles. The Bertz CT molecular complexity index is 1690.